The van der Waals surface area contributed by atoms with Gasteiger partial charge in [-0.1, -0.05) is 24.8 Å². The predicted molar refractivity (Wildman–Crippen MR) is 46.2 cm³/mol. The van der Waals surface area contributed by atoms with Crippen LogP contribution >= 0.6 is 0 Å². The van der Waals surface area contributed by atoms with Gasteiger partial charge in [-0.25, -0.2) is 0 Å². The lowest BCUT2D eigenvalue weighted by atomic mass is 10.3. The molecular formula is C9H8N2. The van der Waals surface area contributed by atoms with Gasteiger partial charge in [-0.3, -0.25) is 0 Å². The minimum atomic E-state index is 0.845. The normalized spacial score (nSPS) is 8.00. The summed E-state index contributed by atoms with van der Waals surface area (Å²) in [5, 5.41) is 0. The summed E-state index contributed by atoms with van der Waals surface area (Å²) >= 11 is 0. The molecule has 0 fully saturated rings. The molecule has 0 saturated heterocycles. The second-order valence-electron chi connectivity index (χ2n) is 1.86. The van der Waals surface area contributed by atoms with Gasteiger partial charge >= 0.3 is 0 Å². The van der Waals surface area contributed by atoms with Gasteiger partial charge in [0.25, 0.3) is 0 Å². The van der Waals surface area contributed by atoms with Crippen LogP contribution in [0.4, 0.5) is 5.69 Å². The molecule has 0 unspecified atom stereocenters. The summed E-state index contributed by atoms with van der Waals surface area (Å²) in [4.78, 5) is 7.52. The van der Waals surface area contributed by atoms with Crippen LogP contribution in [0.25, 0.3) is 0 Å². The first kappa shape index (κ1) is 7.45. The highest BCUT2D eigenvalue weighted by Gasteiger charge is 1.79. The molecule has 0 spiro atoms. The Balaban J connectivity index is 2.80. The van der Waals surface area contributed by atoms with Crippen molar-refractivity contribution >= 4 is 11.7 Å². The van der Waals surface area contributed by atoms with E-state index in [0.29, 0.717) is 0 Å². The van der Waals surface area contributed by atoms with Crippen molar-refractivity contribution in [3.8, 4) is 0 Å². The standard InChI is InChI=1S/C9H8N2/c1-2-10-8-11-9-6-4-3-5-7-9/h2-7H,1H2. The van der Waals surface area contributed by atoms with E-state index in [-0.39, 0.29) is 0 Å². The van der Waals surface area contributed by atoms with E-state index in [4.69, 9.17) is 0 Å². The number of hydrogen-bond donors (Lipinski definition) is 0. The van der Waals surface area contributed by atoms with Gasteiger partial charge in [-0.15, -0.1) is 0 Å². The lowest BCUT2D eigenvalue weighted by molar-refractivity contribution is 1.51. The van der Waals surface area contributed by atoms with Crippen LogP contribution in [0.1, 0.15) is 0 Å². The molecule has 0 radical (unpaired) electrons. The fourth-order valence-electron chi connectivity index (χ4n) is 0.630. The van der Waals surface area contributed by atoms with Crippen molar-refractivity contribution in [2.24, 2.45) is 9.98 Å². The van der Waals surface area contributed by atoms with E-state index in [1.54, 1.807) is 0 Å². The molecule has 0 aliphatic heterocycles. The Labute approximate surface area is 65.6 Å². The molecule has 0 N–H and O–H groups in total. The molecule has 0 aliphatic carbocycles. The number of para-hydroxylation sites is 1. The smallest absolute Gasteiger partial charge is 0.0998 e. The van der Waals surface area contributed by atoms with Crippen molar-refractivity contribution in [2.75, 3.05) is 0 Å². The largest absolute Gasteiger partial charge is 0.196 e. The molecule has 11 heavy (non-hydrogen) atoms. The Hall–Kier alpha value is -1.66. The molecule has 0 aliphatic rings. The van der Waals surface area contributed by atoms with Crippen molar-refractivity contribution in [3.05, 3.63) is 43.1 Å². The van der Waals surface area contributed by atoms with Gasteiger partial charge in [0.2, 0.25) is 0 Å². The lowest BCUT2D eigenvalue weighted by Crippen LogP contribution is -1.60. The average molecular weight is 144 g/mol. The first-order chi connectivity index (χ1) is 5.43. The first-order valence-corrected chi connectivity index (χ1v) is 3.25. The van der Waals surface area contributed by atoms with E-state index >= 15 is 0 Å². The Kier molecular flexibility index (Phi) is 2.85. The first-order valence-electron chi connectivity index (χ1n) is 3.25. The van der Waals surface area contributed by atoms with E-state index in [9.17, 15) is 0 Å². The molecule has 2 heteroatoms. The van der Waals surface area contributed by atoms with Gasteiger partial charge in [-0.2, -0.15) is 9.98 Å². The van der Waals surface area contributed by atoms with Crippen LogP contribution in [0.3, 0.4) is 0 Å². The summed E-state index contributed by atoms with van der Waals surface area (Å²) in [6.45, 7) is 3.40. The Bertz CT molecular complexity index is 282. The third-order valence-electron chi connectivity index (χ3n) is 1.08. The zero-order chi connectivity index (χ0) is 7.94. The SMILES string of the molecule is C=CN=C=Nc1ccccc1. The minimum absolute atomic E-state index is 0.845. The van der Waals surface area contributed by atoms with Crippen molar-refractivity contribution < 1.29 is 0 Å². The molecule has 2 nitrogen and oxygen atoms in total. The van der Waals surface area contributed by atoms with E-state index in [1.807, 2.05) is 30.3 Å². The fraction of sp³-hybridized carbons (Fsp3) is 0. The third kappa shape index (κ3) is 2.61. The van der Waals surface area contributed by atoms with E-state index in [0.717, 1.165) is 5.69 Å². The summed E-state index contributed by atoms with van der Waals surface area (Å²) in [6.07, 6.45) is 1.40. The van der Waals surface area contributed by atoms with Crippen LogP contribution in [0, 0.1) is 0 Å². The van der Waals surface area contributed by atoms with Crippen LogP contribution in [0.2, 0.25) is 0 Å². The maximum atomic E-state index is 3.91. The van der Waals surface area contributed by atoms with Gasteiger partial charge in [0.1, 0.15) is 0 Å². The highest BCUT2D eigenvalue weighted by Crippen LogP contribution is 2.07. The Morgan fingerprint density at radius 1 is 1.27 bits per heavy atom. The summed E-state index contributed by atoms with van der Waals surface area (Å²) in [7, 11) is 0. The van der Waals surface area contributed by atoms with Gasteiger partial charge in [0.05, 0.1) is 11.7 Å². The number of rotatable bonds is 2. The third-order valence-corrected chi connectivity index (χ3v) is 1.08. The topological polar surface area (TPSA) is 24.7 Å². The summed E-state index contributed by atoms with van der Waals surface area (Å²) in [6, 6.07) is 12.0. The fourth-order valence-corrected chi connectivity index (χ4v) is 0.630. The monoisotopic (exact) mass is 144 g/mol. The van der Waals surface area contributed by atoms with Crippen molar-refractivity contribution in [3.63, 3.8) is 0 Å². The molecule has 0 heterocycles. The molecular weight excluding hydrogens is 136 g/mol. The van der Waals surface area contributed by atoms with Gasteiger partial charge < -0.3 is 0 Å². The highest BCUT2D eigenvalue weighted by molar-refractivity contribution is 5.52. The zero-order valence-electron chi connectivity index (χ0n) is 6.07. The maximum absolute atomic E-state index is 3.91. The van der Waals surface area contributed by atoms with E-state index < -0.39 is 0 Å². The number of nitrogens with zero attached hydrogens (tertiary/aromatic N) is 2. The number of aliphatic imine (C=N–C) groups is 2. The lowest BCUT2D eigenvalue weighted by Gasteiger charge is -1.84. The summed E-state index contributed by atoms with van der Waals surface area (Å²) < 4.78 is 0. The number of benzene rings is 1. The van der Waals surface area contributed by atoms with Gasteiger partial charge in [0.15, 0.2) is 0 Å². The molecule has 0 atom stereocenters. The van der Waals surface area contributed by atoms with Crippen LogP contribution in [-0.2, 0) is 0 Å². The Morgan fingerprint density at radius 3 is 2.64 bits per heavy atom. The van der Waals surface area contributed by atoms with Crippen LogP contribution in [0.15, 0.2) is 53.1 Å². The highest BCUT2D eigenvalue weighted by atomic mass is 14.8. The van der Waals surface area contributed by atoms with Crippen LogP contribution in [-0.4, -0.2) is 6.01 Å². The van der Waals surface area contributed by atoms with Crippen molar-refractivity contribution in [1.82, 2.24) is 0 Å². The summed E-state index contributed by atoms with van der Waals surface area (Å²) in [5.41, 5.74) is 0.845. The number of hydrogen-bond acceptors (Lipinski definition) is 2. The quantitative estimate of drug-likeness (QED) is 0.570. The predicted octanol–water partition coefficient (Wildman–Crippen LogP) is 2.64. The molecule has 1 aromatic carbocycles. The maximum Gasteiger partial charge on any atom is 0.0998 e. The summed E-state index contributed by atoms with van der Waals surface area (Å²) in [5.74, 6) is 0. The molecule has 1 aromatic rings. The molecule has 0 bridgehead atoms. The molecule has 0 amide bonds. The van der Waals surface area contributed by atoms with E-state index in [2.05, 4.69) is 22.6 Å². The van der Waals surface area contributed by atoms with Crippen molar-refractivity contribution in [2.45, 2.75) is 0 Å². The second-order valence-corrected chi connectivity index (χ2v) is 1.86. The molecule has 1 rings (SSSR count). The van der Waals surface area contributed by atoms with Crippen LogP contribution < -0.4 is 0 Å². The van der Waals surface area contributed by atoms with Crippen molar-refractivity contribution in [1.29, 1.82) is 0 Å². The van der Waals surface area contributed by atoms with Crippen LogP contribution in [0.5, 0.6) is 0 Å². The Morgan fingerprint density at radius 2 is 2.00 bits per heavy atom. The molecule has 54 valence electrons. The molecule has 0 aromatic heterocycles. The molecule has 0 saturated carbocycles. The average Bonchev–Trinajstić information content (AvgIpc) is 2.07. The minimum Gasteiger partial charge on any atom is -0.196 e. The second kappa shape index (κ2) is 4.20. The van der Waals surface area contributed by atoms with Gasteiger partial charge in [0, 0.05) is 6.20 Å². The zero-order valence-corrected chi connectivity index (χ0v) is 6.07. The van der Waals surface area contributed by atoms with E-state index in [1.165, 1.54) is 6.20 Å². The van der Waals surface area contributed by atoms with Gasteiger partial charge in [-0.05, 0) is 12.1 Å².